The second-order valence-corrected chi connectivity index (χ2v) is 3.52. The van der Waals surface area contributed by atoms with Crippen LogP contribution in [0.3, 0.4) is 0 Å². The highest BCUT2D eigenvalue weighted by Crippen LogP contribution is 2.22. The van der Waals surface area contributed by atoms with Crippen LogP contribution in [0.5, 0.6) is 0 Å². The smallest absolute Gasteiger partial charge is 0.148 e. The molecule has 0 amide bonds. The van der Waals surface area contributed by atoms with Crippen molar-refractivity contribution in [3.8, 4) is 0 Å². The van der Waals surface area contributed by atoms with Crippen LogP contribution in [0.2, 0.25) is 0 Å². The predicted molar refractivity (Wildman–Crippen MR) is 64.3 cm³/mol. The second-order valence-electron chi connectivity index (χ2n) is 3.52. The van der Waals surface area contributed by atoms with E-state index in [2.05, 4.69) is 15.4 Å². The predicted octanol–water partition coefficient (Wildman–Crippen LogP) is 0.198. The van der Waals surface area contributed by atoms with Crippen molar-refractivity contribution < 1.29 is 5.11 Å². The van der Waals surface area contributed by atoms with Gasteiger partial charge in [-0.3, -0.25) is 0 Å². The quantitative estimate of drug-likeness (QED) is 0.490. The number of hydrogen-bond donors (Lipinski definition) is 3. The summed E-state index contributed by atoms with van der Waals surface area (Å²) in [5.74, 6) is 7.49. The first-order chi connectivity index (χ1) is 7.63. The summed E-state index contributed by atoms with van der Waals surface area (Å²) in [5.41, 5.74) is 3.45. The molecule has 0 fully saturated rings. The summed E-state index contributed by atoms with van der Waals surface area (Å²) >= 11 is 0. The van der Waals surface area contributed by atoms with E-state index in [1.807, 2.05) is 25.7 Å². The highest BCUT2D eigenvalue weighted by atomic mass is 16.3. The largest absolute Gasteiger partial charge is 0.395 e. The van der Waals surface area contributed by atoms with Crippen LogP contribution in [0, 0.1) is 13.8 Å². The van der Waals surface area contributed by atoms with Crippen LogP contribution in [-0.2, 0) is 0 Å². The third-order valence-corrected chi connectivity index (χ3v) is 2.42. The van der Waals surface area contributed by atoms with Crippen LogP contribution < -0.4 is 16.2 Å². The Hall–Kier alpha value is -1.40. The summed E-state index contributed by atoms with van der Waals surface area (Å²) < 4.78 is 0. The Bertz CT molecular complexity index is 355. The molecule has 0 bridgehead atoms. The molecule has 6 nitrogen and oxygen atoms in total. The first-order valence-corrected chi connectivity index (χ1v) is 5.31. The SMILES string of the molecule is CCN(CCO)c1nc(C)nc(NN)c1C. The molecule has 1 heterocycles. The lowest BCUT2D eigenvalue weighted by molar-refractivity contribution is 0.302. The molecule has 0 radical (unpaired) electrons. The molecule has 0 aliphatic heterocycles. The van der Waals surface area contributed by atoms with Crippen LogP contribution >= 0.6 is 0 Å². The third-order valence-electron chi connectivity index (χ3n) is 2.42. The number of nitrogens with two attached hydrogens (primary N) is 1. The maximum absolute atomic E-state index is 8.99. The van der Waals surface area contributed by atoms with Gasteiger partial charge in [0.1, 0.15) is 17.5 Å². The van der Waals surface area contributed by atoms with Crippen molar-refractivity contribution in [3.05, 3.63) is 11.4 Å². The minimum Gasteiger partial charge on any atom is -0.395 e. The van der Waals surface area contributed by atoms with Gasteiger partial charge in [-0.15, -0.1) is 0 Å². The average molecular weight is 225 g/mol. The van der Waals surface area contributed by atoms with E-state index in [4.69, 9.17) is 10.9 Å². The maximum Gasteiger partial charge on any atom is 0.148 e. The number of rotatable bonds is 5. The summed E-state index contributed by atoms with van der Waals surface area (Å²) in [5, 5.41) is 8.99. The number of aryl methyl sites for hydroxylation is 1. The molecule has 0 spiro atoms. The average Bonchev–Trinajstić information content (AvgIpc) is 2.28. The molecule has 90 valence electrons. The number of nitrogens with one attached hydrogen (secondary N) is 1. The first-order valence-electron chi connectivity index (χ1n) is 5.31. The number of anilines is 2. The molecule has 0 aromatic carbocycles. The molecule has 0 aliphatic rings. The summed E-state index contributed by atoms with van der Waals surface area (Å²) in [6.45, 7) is 7.17. The van der Waals surface area contributed by atoms with Crippen molar-refractivity contribution >= 4 is 11.6 Å². The van der Waals surface area contributed by atoms with Crippen LogP contribution in [0.4, 0.5) is 11.6 Å². The van der Waals surface area contributed by atoms with Gasteiger partial charge in [0.25, 0.3) is 0 Å². The van der Waals surface area contributed by atoms with Crippen molar-refractivity contribution in [1.29, 1.82) is 0 Å². The minimum atomic E-state index is 0.0989. The lowest BCUT2D eigenvalue weighted by Gasteiger charge is -2.23. The molecule has 0 aliphatic carbocycles. The van der Waals surface area contributed by atoms with Gasteiger partial charge in [0.2, 0.25) is 0 Å². The Morgan fingerprint density at radius 3 is 2.56 bits per heavy atom. The summed E-state index contributed by atoms with van der Waals surface area (Å²) in [6, 6.07) is 0. The third kappa shape index (κ3) is 2.59. The van der Waals surface area contributed by atoms with Gasteiger partial charge in [-0.1, -0.05) is 0 Å². The highest BCUT2D eigenvalue weighted by Gasteiger charge is 2.13. The highest BCUT2D eigenvalue weighted by molar-refractivity contribution is 5.58. The van der Waals surface area contributed by atoms with Crippen molar-refractivity contribution in [2.45, 2.75) is 20.8 Å². The fourth-order valence-electron chi connectivity index (χ4n) is 1.60. The zero-order valence-electron chi connectivity index (χ0n) is 9.99. The number of nitrogens with zero attached hydrogens (tertiary/aromatic N) is 3. The standard InChI is InChI=1S/C10H19N5O/c1-4-15(5-6-16)10-7(2)9(14-11)12-8(3)13-10/h16H,4-6,11H2,1-3H3,(H,12,13,14). The van der Waals surface area contributed by atoms with E-state index in [0.29, 0.717) is 18.2 Å². The van der Waals surface area contributed by atoms with E-state index >= 15 is 0 Å². The van der Waals surface area contributed by atoms with Crippen LogP contribution in [-0.4, -0.2) is 34.8 Å². The van der Waals surface area contributed by atoms with E-state index in [0.717, 1.165) is 17.9 Å². The molecule has 0 saturated carbocycles. The van der Waals surface area contributed by atoms with Crippen LogP contribution in [0.1, 0.15) is 18.3 Å². The van der Waals surface area contributed by atoms with E-state index in [1.54, 1.807) is 0 Å². The molecule has 0 unspecified atom stereocenters. The molecule has 0 atom stereocenters. The van der Waals surface area contributed by atoms with Gasteiger partial charge in [0.05, 0.1) is 6.61 Å². The number of aromatic nitrogens is 2. The normalized spacial score (nSPS) is 10.3. The monoisotopic (exact) mass is 225 g/mol. The Morgan fingerprint density at radius 1 is 1.38 bits per heavy atom. The van der Waals surface area contributed by atoms with E-state index in [-0.39, 0.29) is 6.61 Å². The number of hydrazine groups is 1. The van der Waals surface area contributed by atoms with Gasteiger partial charge >= 0.3 is 0 Å². The molecule has 6 heteroatoms. The van der Waals surface area contributed by atoms with Gasteiger partial charge in [-0.05, 0) is 20.8 Å². The number of likely N-dealkylation sites (N-methyl/N-ethyl adjacent to an activating group) is 1. The van der Waals surface area contributed by atoms with Gasteiger partial charge < -0.3 is 15.4 Å². The molecular formula is C10H19N5O. The lowest BCUT2D eigenvalue weighted by Crippen LogP contribution is -2.29. The van der Waals surface area contributed by atoms with Gasteiger partial charge in [-0.25, -0.2) is 15.8 Å². The molecule has 1 aromatic rings. The fourth-order valence-corrected chi connectivity index (χ4v) is 1.60. The van der Waals surface area contributed by atoms with Crippen LogP contribution in [0.25, 0.3) is 0 Å². The van der Waals surface area contributed by atoms with Crippen molar-refractivity contribution in [2.75, 3.05) is 30.0 Å². The topological polar surface area (TPSA) is 87.3 Å². The first kappa shape index (κ1) is 12.7. The Kier molecular flexibility index (Phi) is 4.45. The molecule has 4 N–H and O–H groups in total. The zero-order valence-corrected chi connectivity index (χ0v) is 9.99. The summed E-state index contributed by atoms with van der Waals surface area (Å²) in [4.78, 5) is 10.6. The molecule has 1 rings (SSSR count). The molecule has 1 aromatic heterocycles. The number of aliphatic hydroxyl groups excluding tert-OH is 1. The van der Waals surface area contributed by atoms with Gasteiger partial charge in [0.15, 0.2) is 0 Å². The lowest BCUT2D eigenvalue weighted by atomic mass is 10.2. The Balaban J connectivity index is 3.14. The van der Waals surface area contributed by atoms with Crippen molar-refractivity contribution in [3.63, 3.8) is 0 Å². The minimum absolute atomic E-state index is 0.0989. The van der Waals surface area contributed by atoms with E-state index in [1.165, 1.54) is 0 Å². The Labute approximate surface area is 95.5 Å². The van der Waals surface area contributed by atoms with Gasteiger partial charge in [0, 0.05) is 18.7 Å². The summed E-state index contributed by atoms with van der Waals surface area (Å²) in [6.07, 6.45) is 0. The van der Waals surface area contributed by atoms with E-state index in [9.17, 15) is 0 Å². The second kappa shape index (κ2) is 5.62. The number of hydrogen-bond acceptors (Lipinski definition) is 6. The fraction of sp³-hybridized carbons (Fsp3) is 0.600. The van der Waals surface area contributed by atoms with Crippen molar-refractivity contribution in [2.24, 2.45) is 5.84 Å². The summed E-state index contributed by atoms with van der Waals surface area (Å²) in [7, 11) is 0. The van der Waals surface area contributed by atoms with Crippen molar-refractivity contribution in [1.82, 2.24) is 9.97 Å². The maximum atomic E-state index is 8.99. The molecule has 0 saturated heterocycles. The van der Waals surface area contributed by atoms with Crippen LogP contribution in [0.15, 0.2) is 0 Å². The number of aliphatic hydroxyl groups is 1. The van der Waals surface area contributed by atoms with Gasteiger partial charge in [-0.2, -0.15) is 0 Å². The molecular weight excluding hydrogens is 206 g/mol. The zero-order chi connectivity index (χ0) is 12.1. The number of nitrogen functional groups attached to an aromatic ring is 1. The van der Waals surface area contributed by atoms with E-state index < -0.39 is 0 Å². The molecule has 16 heavy (non-hydrogen) atoms. The Morgan fingerprint density at radius 2 is 2.06 bits per heavy atom.